The standard InChI is InChI=1S/C32H34FN3O6/c1-30(2,39)29(38)31(3)17-42-28-22(31)15-25(34-27(28)18-7-9-21(33)10-8-18)32(4,40)12-11-23(37)19-13-20-16-36(5)35-26(20)24(14-19)41-6/h7-10,13-16,39-40H,11-12,17H2,1-6H3/t31-,32-/m0/s1. The molecule has 0 unspecified atom stereocenters. The lowest BCUT2D eigenvalue weighted by atomic mass is 9.74. The SMILES string of the molecule is COc1cc(C(=O)CC[C@](C)(O)c2cc3c(c(-c4ccc(F)cc4)n2)OC[C@]3(C)C(=O)C(C)(C)O)cc2cn(C)nc12. The summed E-state index contributed by atoms with van der Waals surface area (Å²) in [6.45, 7) is 6.03. The lowest BCUT2D eigenvalue weighted by Gasteiger charge is -2.30. The maximum Gasteiger partial charge on any atom is 0.177 e. The van der Waals surface area contributed by atoms with Crippen molar-refractivity contribution in [2.24, 2.45) is 7.05 Å². The van der Waals surface area contributed by atoms with Gasteiger partial charge in [0, 0.05) is 41.7 Å². The molecule has 0 spiro atoms. The van der Waals surface area contributed by atoms with Crippen molar-refractivity contribution in [3.63, 3.8) is 0 Å². The average molecular weight is 576 g/mol. The number of aromatic nitrogens is 3. The van der Waals surface area contributed by atoms with Gasteiger partial charge in [-0.1, -0.05) is 0 Å². The van der Waals surface area contributed by atoms with E-state index in [9.17, 15) is 24.2 Å². The van der Waals surface area contributed by atoms with Gasteiger partial charge in [-0.2, -0.15) is 5.10 Å². The maximum absolute atomic E-state index is 13.7. The Morgan fingerprint density at radius 3 is 2.48 bits per heavy atom. The smallest absolute Gasteiger partial charge is 0.177 e. The van der Waals surface area contributed by atoms with Crippen LogP contribution < -0.4 is 9.47 Å². The minimum atomic E-state index is -1.65. The summed E-state index contributed by atoms with van der Waals surface area (Å²) >= 11 is 0. The highest BCUT2D eigenvalue weighted by Crippen LogP contribution is 2.47. The molecule has 0 fully saturated rings. The third kappa shape index (κ3) is 5.16. The Labute approximate surface area is 242 Å². The number of methoxy groups -OCH3 is 1. The highest BCUT2D eigenvalue weighted by Gasteiger charge is 2.50. The number of benzene rings is 2. The largest absolute Gasteiger partial charge is 0.494 e. The molecule has 0 aliphatic carbocycles. The van der Waals surface area contributed by atoms with Gasteiger partial charge in [0.2, 0.25) is 0 Å². The number of rotatable bonds is 9. The van der Waals surface area contributed by atoms with Gasteiger partial charge in [0.05, 0.1) is 18.2 Å². The minimum Gasteiger partial charge on any atom is -0.494 e. The summed E-state index contributed by atoms with van der Waals surface area (Å²) in [4.78, 5) is 31.4. The molecular formula is C32H34FN3O6. The molecule has 0 saturated heterocycles. The number of fused-ring (bicyclic) bond motifs is 2. The molecule has 4 aromatic rings. The van der Waals surface area contributed by atoms with E-state index >= 15 is 0 Å². The van der Waals surface area contributed by atoms with Crippen molar-refractivity contribution in [2.45, 2.75) is 57.2 Å². The first-order valence-corrected chi connectivity index (χ1v) is 13.6. The first-order valence-electron chi connectivity index (χ1n) is 13.6. The molecule has 2 atom stereocenters. The Bertz CT molecular complexity index is 1700. The van der Waals surface area contributed by atoms with Crippen molar-refractivity contribution < 1.29 is 33.7 Å². The van der Waals surface area contributed by atoms with E-state index in [0.29, 0.717) is 39.4 Å². The quantitative estimate of drug-likeness (QED) is 0.277. The molecule has 2 aromatic carbocycles. The molecule has 42 heavy (non-hydrogen) atoms. The number of pyridine rings is 1. The van der Waals surface area contributed by atoms with E-state index in [-0.39, 0.29) is 30.9 Å². The number of nitrogens with zero attached hydrogens (tertiary/aromatic N) is 3. The summed E-state index contributed by atoms with van der Waals surface area (Å²) < 4.78 is 26.8. The van der Waals surface area contributed by atoms with Gasteiger partial charge in [0.25, 0.3) is 0 Å². The molecule has 5 rings (SSSR count). The predicted octanol–water partition coefficient (Wildman–Crippen LogP) is 4.64. The fourth-order valence-corrected chi connectivity index (χ4v) is 5.49. The van der Waals surface area contributed by atoms with Gasteiger partial charge in [-0.15, -0.1) is 0 Å². The Balaban J connectivity index is 1.52. The third-order valence-corrected chi connectivity index (χ3v) is 7.87. The van der Waals surface area contributed by atoms with Crippen molar-refractivity contribution in [1.82, 2.24) is 14.8 Å². The molecular weight excluding hydrogens is 541 g/mol. The molecule has 0 saturated carbocycles. The van der Waals surface area contributed by atoms with Crippen LogP contribution in [0.4, 0.5) is 4.39 Å². The van der Waals surface area contributed by atoms with E-state index in [2.05, 4.69) is 5.10 Å². The summed E-state index contributed by atoms with van der Waals surface area (Å²) in [5, 5.41) is 27.4. The fourth-order valence-electron chi connectivity index (χ4n) is 5.49. The molecule has 1 aliphatic rings. The molecule has 9 nitrogen and oxygen atoms in total. The normalized spacial score (nSPS) is 17.9. The highest BCUT2D eigenvalue weighted by molar-refractivity contribution is 6.01. The van der Waals surface area contributed by atoms with Crippen LogP contribution in [0, 0.1) is 5.82 Å². The molecule has 0 radical (unpaired) electrons. The van der Waals surface area contributed by atoms with Crippen LogP contribution in [0.1, 0.15) is 62.2 Å². The molecule has 0 amide bonds. The number of ketones is 2. The summed E-state index contributed by atoms with van der Waals surface area (Å²) in [7, 11) is 3.30. The lowest BCUT2D eigenvalue weighted by Crippen LogP contribution is -2.47. The van der Waals surface area contributed by atoms with Crippen LogP contribution in [0.15, 0.2) is 48.7 Å². The first kappa shape index (κ1) is 29.3. The number of carbonyl (C=O) groups excluding carboxylic acids is 2. The van der Waals surface area contributed by atoms with Crippen LogP contribution in [0.3, 0.4) is 0 Å². The number of aliphatic hydroxyl groups is 2. The Kier molecular flexibility index (Phi) is 7.19. The highest BCUT2D eigenvalue weighted by atomic mass is 19.1. The number of hydrogen-bond acceptors (Lipinski definition) is 8. The molecule has 1 aliphatic heterocycles. The van der Waals surface area contributed by atoms with Crippen molar-refractivity contribution in [3.05, 3.63) is 71.3 Å². The summed E-state index contributed by atoms with van der Waals surface area (Å²) in [5.74, 6) is -0.284. The van der Waals surface area contributed by atoms with Gasteiger partial charge in [0.1, 0.15) is 46.3 Å². The number of halogens is 1. The monoisotopic (exact) mass is 575 g/mol. The third-order valence-electron chi connectivity index (χ3n) is 7.87. The first-order chi connectivity index (χ1) is 19.6. The summed E-state index contributed by atoms with van der Waals surface area (Å²) in [6.07, 6.45) is 1.80. The Hall–Kier alpha value is -4.15. The number of hydrogen-bond donors (Lipinski definition) is 2. The number of carbonyl (C=O) groups is 2. The second kappa shape index (κ2) is 10.3. The van der Waals surface area contributed by atoms with Gasteiger partial charge in [-0.05, 0) is 76.6 Å². The van der Waals surface area contributed by atoms with Crippen molar-refractivity contribution in [1.29, 1.82) is 0 Å². The number of ether oxygens (including phenoxy) is 2. The van der Waals surface area contributed by atoms with Crippen molar-refractivity contribution in [2.75, 3.05) is 13.7 Å². The lowest BCUT2D eigenvalue weighted by molar-refractivity contribution is -0.140. The topological polar surface area (TPSA) is 124 Å². The van der Waals surface area contributed by atoms with Gasteiger partial charge in [0.15, 0.2) is 11.6 Å². The van der Waals surface area contributed by atoms with Crippen molar-refractivity contribution in [3.8, 4) is 22.8 Å². The van der Waals surface area contributed by atoms with E-state index in [1.165, 1.54) is 33.1 Å². The van der Waals surface area contributed by atoms with Crippen LogP contribution in [0.2, 0.25) is 0 Å². The van der Waals surface area contributed by atoms with Crippen LogP contribution in [0.25, 0.3) is 22.2 Å². The predicted molar refractivity (Wildman–Crippen MR) is 154 cm³/mol. The molecule has 0 bridgehead atoms. The molecule has 3 heterocycles. The maximum atomic E-state index is 13.7. The van der Waals surface area contributed by atoms with E-state index in [0.717, 1.165) is 5.39 Å². The van der Waals surface area contributed by atoms with Crippen LogP contribution in [-0.2, 0) is 22.9 Å². The zero-order valence-corrected chi connectivity index (χ0v) is 24.5. The zero-order valence-electron chi connectivity index (χ0n) is 24.5. The second-order valence-electron chi connectivity index (χ2n) is 11.9. The van der Waals surface area contributed by atoms with E-state index in [1.54, 1.807) is 62.1 Å². The van der Waals surface area contributed by atoms with E-state index in [4.69, 9.17) is 14.5 Å². The van der Waals surface area contributed by atoms with Gasteiger partial charge in [-0.3, -0.25) is 14.3 Å². The molecule has 2 aromatic heterocycles. The molecule has 2 N–H and O–H groups in total. The minimum absolute atomic E-state index is 0.0110. The Morgan fingerprint density at radius 2 is 1.83 bits per heavy atom. The van der Waals surface area contributed by atoms with Crippen LogP contribution in [-0.4, -0.2) is 55.9 Å². The molecule has 10 heteroatoms. The van der Waals surface area contributed by atoms with E-state index < -0.39 is 28.2 Å². The number of aryl methyl sites for hydroxylation is 1. The summed E-state index contributed by atoms with van der Waals surface area (Å²) in [6, 6.07) is 10.6. The fraction of sp³-hybridized carbons (Fsp3) is 0.375. The van der Waals surface area contributed by atoms with E-state index in [1.807, 2.05) is 0 Å². The number of Topliss-reactive ketones (excluding diaryl/α,β-unsaturated/α-hetero) is 2. The van der Waals surface area contributed by atoms with Crippen molar-refractivity contribution >= 4 is 22.5 Å². The second-order valence-corrected chi connectivity index (χ2v) is 11.9. The van der Waals surface area contributed by atoms with Gasteiger partial charge < -0.3 is 19.7 Å². The zero-order chi connectivity index (χ0) is 30.6. The molecule has 220 valence electrons. The summed E-state index contributed by atoms with van der Waals surface area (Å²) in [5.41, 5.74) is -1.88. The van der Waals surface area contributed by atoms with Gasteiger partial charge >= 0.3 is 0 Å². The average Bonchev–Trinajstić information content (AvgIpc) is 3.49. The Morgan fingerprint density at radius 1 is 1.14 bits per heavy atom. The van der Waals surface area contributed by atoms with Crippen LogP contribution >= 0.6 is 0 Å². The van der Waals surface area contributed by atoms with Crippen LogP contribution in [0.5, 0.6) is 11.5 Å². The van der Waals surface area contributed by atoms with Gasteiger partial charge in [-0.25, -0.2) is 9.37 Å².